The van der Waals surface area contributed by atoms with Crippen molar-refractivity contribution in [2.24, 2.45) is 0 Å². The van der Waals surface area contributed by atoms with Crippen molar-refractivity contribution < 1.29 is 19.1 Å². The van der Waals surface area contributed by atoms with E-state index in [1.807, 2.05) is 6.07 Å². The first kappa shape index (κ1) is 16.8. The van der Waals surface area contributed by atoms with Crippen LogP contribution in [0.15, 0.2) is 42.6 Å². The van der Waals surface area contributed by atoms with E-state index in [-0.39, 0.29) is 18.4 Å². The number of anilines is 1. The molecule has 25 heavy (non-hydrogen) atoms. The fourth-order valence-corrected chi connectivity index (χ4v) is 2.59. The van der Waals surface area contributed by atoms with Gasteiger partial charge in [-0.15, -0.1) is 0 Å². The quantitative estimate of drug-likeness (QED) is 0.892. The third-order valence-corrected chi connectivity index (χ3v) is 3.87. The summed E-state index contributed by atoms with van der Waals surface area (Å²) in [5.41, 5.74) is 1.47. The van der Waals surface area contributed by atoms with Crippen molar-refractivity contribution in [1.82, 2.24) is 10.3 Å². The predicted molar refractivity (Wildman–Crippen MR) is 91.5 cm³/mol. The molecule has 7 nitrogen and oxygen atoms in total. The molecule has 130 valence electrons. The minimum atomic E-state index is -0.618. The second kappa shape index (κ2) is 7.21. The van der Waals surface area contributed by atoms with Gasteiger partial charge in [-0.2, -0.15) is 0 Å². The molecule has 3 rings (SSSR count). The van der Waals surface area contributed by atoms with Crippen LogP contribution in [0.5, 0.6) is 11.6 Å². The molecule has 2 heterocycles. The maximum atomic E-state index is 12.4. The van der Waals surface area contributed by atoms with Gasteiger partial charge in [-0.3, -0.25) is 14.5 Å². The van der Waals surface area contributed by atoms with E-state index in [1.165, 1.54) is 12.0 Å². The number of ether oxygens (including phenoxy) is 2. The van der Waals surface area contributed by atoms with Crippen molar-refractivity contribution in [3.05, 3.63) is 48.2 Å². The second-order valence-electron chi connectivity index (χ2n) is 5.64. The zero-order chi connectivity index (χ0) is 17.8. The molecule has 1 aromatic carbocycles. The zero-order valence-electron chi connectivity index (χ0n) is 14.1. The number of carbonyl (C=O) groups is 2. The van der Waals surface area contributed by atoms with E-state index in [1.54, 1.807) is 43.5 Å². The van der Waals surface area contributed by atoms with Gasteiger partial charge in [0.1, 0.15) is 12.3 Å². The third kappa shape index (κ3) is 3.71. The SMILES string of the molecule is COc1cc(CNC(=O)CN2C(=O)[C@H](C)Oc3ccccc32)ccn1. The highest BCUT2D eigenvalue weighted by Crippen LogP contribution is 2.33. The van der Waals surface area contributed by atoms with E-state index in [4.69, 9.17) is 9.47 Å². The highest BCUT2D eigenvalue weighted by atomic mass is 16.5. The number of hydrogen-bond donors (Lipinski definition) is 1. The van der Waals surface area contributed by atoms with Crippen LogP contribution in [0.25, 0.3) is 0 Å². The Morgan fingerprint density at radius 1 is 1.36 bits per heavy atom. The Labute approximate surface area is 145 Å². The lowest BCUT2D eigenvalue weighted by molar-refractivity contribution is -0.128. The van der Waals surface area contributed by atoms with Crippen molar-refractivity contribution in [2.45, 2.75) is 19.6 Å². The maximum absolute atomic E-state index is 12.4. The van der Waals surface area contributed by atoms with Crippen LogP contribution in [0, 0.1) is 0 Å². The summed E-state index contributed by atoms with van der Waals surface area (Å²) in [6.07, 6.45) is 0.996. The predicted octanol–water partition coefficient (Wildman–Crippen LogP) is 1.52. The van der Waals surface area contributed by atoms with Crippen LogP contribution in [0.3, 0.4) is 0 Å². The number of rotatable bonds is 5. The molecular weight excluding hydrogens is 322 g/mol. The van der Waals surface area contributed by atoms with E-state index >= 15 is 0 Å². The van der Waals surface area contributed by atoms with Crippen LogP contribution in [0.2, 0.25) is 0 Å². The Morgan fingerprint density at radius 3 is 2.96 bits per heavy atom. The van der Waals surface area contributed by atoms with Crippen LogP contribution in [0.4, 0.5) is 5.69 Å². The van der Waals surface area contributed by atoms with Crippen LogP contribution < -0.4 is 19.7 Å². The molecule has 0 unspecified atom stereocenters. The number of carbonyl (C=O) groups excluding carboxylic acids is 2. The number of fused-ring (bicyclic) bond motifs is 1. The molecule has 1 atom stereocenters. The van der Waals surface area contributed by atoms with Crippen molar-refractivity contribution in [3.8, 4) is 11.6 Å². The number of aromatic nitrogens is 1. The van der Waals surface area contributed by atoms with Gasteiger partial charge in [-0.05, 0) is 30.7 Å². The van der Waals surface area contributed by atoms with Crippen LogP contribution in [-0.2, 0) is 16.1 Å². The number of amides is 2. The van der Waals surface area contributed by atoms with E-state index in [2.05, 4.69) is 10.3 Å². The number of para-hydroxylation sites is 2. The third-order valence-electron chi connectivity index (χ3n) is 3.87. The monoisotopic (exact) mass is 341 g/mol. The molecule has 1 aliphatic rings. The van der Waals surface area contributed by atoms with E-state index in [9.17, 15) is 9.59 Å². The van der Waals surface area contributed by atoms with Crippen molar-refractivity contribution in [1.29, 1.82) is 0 Å². The molecule has 0 saturated heterocycles. The maximum Gasteiger partial charge on any atom is 0.268 e. The number of nitrogens with one attached hydrogen (secondary N) is 1. The number of hydrogen-bond acceptors (Lipinski definition) is 5. The standard InChI is InChI=1S/C18H19N3O4/c1-12-18(23)21(14-5-3-4-6-15(14)25-12)11-16(22)20-10-13-7-8-19-17(9-13)24-2/h3-9,12H,10-11H2,1-2H3,(H,20,22)/t12-/m0/s1. The molecule has 0 saturated carbocycles. The Hall–Kier alpha value is -3.09. The van der Waals surface area contributed by atoms with Gasteiger partial charge in [-0.1, -0.05) is 12.1 Å². The molecule has 0 aliphatic carbocycles. The average Bonchev–Trinajstić information content (AvgIpc) is 2.64. The summed E-state index contributed by atoms with van der Waals surface area (Å²) in [6, 6.07) is 10.7. The lowest BCUT2D eigenvalue weighted by Gasteiger charge is -2.32. The van der Waals surface area contributed by atoms with E-state index in [0.717, 1.165) is 5.56 Å². The first-order chi connectivity index (χ1) is 12.1. The van der Waals surface area contributed by atoms with Gasteiger partial charge in [-0.25, -0.2) is 4.98 Å². The average molecular weight is 341 g/mol. The molecule has 2 amide bonds. The Balaban J connectivity index is 1.67. The largest absolute Gasteiger partial charge is 0.481 e. The number of nitrogens with zero attached hydrogens (tertiary/aromatic N) is 2. The normalized spacial score (nSPS) is 16.0. The summed E-state index contributed by atoms with van der Waals surface area (Å²) in [5, 5.41) is 2.81. The number of pyridine rings is 1. The molecular formula is C18H19N3O4. The van der Waals surface area contributed by atoms with Gasteiger partial charge in [0.2, 0.25) is 11.8 Å². The molecule has 1 aromatic heterocycles. The lowest BCUT2D eigenvalue weighted by Crippen LogP contribution is -2.48. The van der Waals surface area contributed by atoms with Gasteiger partial charge >= 0.3 is 0 Å². The lowest BCUT2D eigenvalue weighted by atomic mass is 10.2. The minimum Gasteiger partial charge on any atom is -0.481 e. The van der Waals surface area contributed by atoms with Gasteiger partial charge in [0.25, 0.3) is 5.91 Å². The molecule has 0 spiro atoms. The molecule has 7 heteroatoms. The second-order valence-corrected chi connectivity index (χ2v) is 5.64. The Morgan fingerprint density at radius 2 is 2.16 bits per heavy atom. The molecule has 0 fully saturated rings. The molecule has 0 radical (unpaired) electrons. The summed E-state index contributed by atoms with van der Waals surface area (Å²) in [7, 11) is 1.54. The van der Waals surface area contributed by atoms with Crippen molar-refractivity contribution >= 4 is 17.5 Å². The van der Waals surface area contributed by atoms with Crippen molar-refractivity contribution in [3.63, 3.8) is 0 Å². The smallest absolute Gasteiger partial charge is 0.268 e. The molecule has 2 aromatic rings. The van der Waals surface area contributed by atoms with E-state index < -0.39 is 6.10 Å². The summed E-state index contributed by atoms with van der Waals surface area (Å²) in [5.74, 6) is 0.589. The van der Waals surface area contributed by atoms with Gasteiger partial charge in [0.15, 0.2) is 6.10 Å². The van der Waals surface area contributed by atoms with E-state index in [0.29, 0.717) is 23.9 Å². The van der Waals surface area contributed by atoms with Gasteiger partial charge in [0, 0.05) is 18.8 Å². The summed E-state index contributed by atoms with van der Waals surface area (Å²) < 4.78 is 10.6. The first-order valence-electron chi connectivity index (χ1n) is 7.91. The highest BCUT2D eigenvalue weighted by molar-refractivity contribution is 6.03. The fourth-order valence-electron chi connectivity index (χ4n) is 2.59. The van der Waals surface area contributed by atoms with Crippen LogP contribution in [0.1, 0.15) is 12.5 Å². The number of methoxy groups -OCH3 is 1. The topological polar surface area (TPSA) is 80.8 Å². The summed E-state index contributed by atoms with van der Waals surface area (Å²) in [4.78, 5) is 30.2. The Kier molecular flexibility index (Phi) is 4.83. The van der Waals surface area contributed by atoms with Crippen molar-refractivity contribution in [2.75, 3.05) is 18.6 Å². The summed E-state index contributed by atoms with van der Waals surface area (Å²) in [6.45, 7) is 1.94. The fraction of sp³-hybridized carbons (Fsp3) is 0.278. The summed E-state index contributed by atoms with van der Waals surface area (Å²) >= 11 is 0. The van der Waals surface area contributed by atoms with Gasteiger partial charge < -0.3 is 14.8 Å². The zero-order valence-corrected chi connectivity index (χ0v) is 14.1. The van der Waals surface area contributed by atoms with Gasteiger partial charge in [0.05, 0.1) is 12.8 Å². The number of benzene rings is 1. The minimum absolute atomic E-state index is 0.0637. The van der Waals surface area contributed by atoms with Crippen LogP contribution >= 0.6 is 0 Å². The first-order valence-corrected chi connectivity index (χ1v) is 7.91. The Bertz CT molecular complexity index is 793. The molecule has 1 aliphatic heterocycles. The highest BCUT2D eigenvalue weighted by Gasteiger charge is 2.32. The molecule has 1 N–H and O–H groups in total. The molecule has 0 bridgehead atoms. The van der Waals surface area contributed by atoms with Crippen LogP contribution in [-0.4, -0.2) is 36.6 Å².